The molecule has 2 nitrogen and oxygen atoms in total. The van der Waals surface area contributed by atoms with Gasteiger partial charge in [-0.25, -0.2) is 0 Å². The Balaban J connectivity index is 2.18. The molecule has 1 N–H and O–H groups in total. The third-order valence-electron chi connectivity index (χ3n) is 2.53. The summed E-state index contributed by atoms with van der Waals surface area (Å²) < 4.78 is 1.11. The lowest BCUT2D eigenvalue weighted by Crippen LogP contribution is -2.27. The van der Waals surface area contributed by atoms with Crippen molar-refractivity contribution in [3.63, 3.8) is 0 Å². The van der Waals surface area contributed by atoms with Crippen LogP contribution in [-0.2, 0) is 0 Å². The summed E-state index contributed by atoms with van der Waals surface area (Å²) >= 11 is 9.99. The molecule has 0 amide bonds. The van der Waals surface area contributed by atoms with E-state index in [0.29, 0.717) is 0 Å². The van der Waals surface area contributed by atoms with E-state index < -0.39 is 0 Å². The van der Waals surface area contributed by atoms with E-state index in [4.69, 9.17) is 16.6 Å². The van der Waals surface area contributed by atoms with Gasteiger partial charge in [0.1, 0.15) is 0 Å². The molecule has 0 saturated carbocycles. The fraction of sp³-hybridized carbons (Fsp3) is 0.417. The Kier molecular flexibility index (Phi) is 4.26. The van der Waals surface area contributed by atoms with Crippen LogP contribution in [0.3, 0.4) is 0 Å². The van der Waals surface area contributed by atoms with Gasteiger partial charge in [-0.1, -0.05) is 23.4 Å². The van der Waals surface area contributed by atoms with E-state index in [2.05, 4.69) is 41.8 Å². The molecule has 0 fully saturated rings. The lowest BCUT2D eigenvalue weighted by molar-refractivity contribution is 0.507. The maximum absolute atomic E-state index is 5.94. The zero-order valence-corrected chi connectivity index (χ0v) is 13.5. The van der Waals surface area contributed by atoms with Crippen molar-refractivity contribution in [2.45, 2.75) is 25.8 Å². The van der Waals surface area contributed by atoms with Crippen LogP contribution >= 0.6 is 46.0 Å². The first-order valence-electron chi connectivity index (χ1n) is 5.41. The molecule has 1 aromatic rings. The Labute approximate surface area is 125 Å². The lowest BCUT2D eigenvalue weighted by Gasteiger charge is -2.26. The van der Waals surface area contributed by atoms with Crippen LogP contribution in [0.5, 0.6) is 0 Å². The van der Waals surface area contributed by atoms with E-state index in [1.54, 1.807) is 11.8 Å². The van der Waals surface area contributed by atoms with Gasteiger partial charge in [0, 0.05) is 14.3 Å². The fourth-order valence-electron chi connectivity index (χ4n) is 1.53. The number of hydrogen-bond acceptors (Lipinski definition) is 3. The Morgan fingerprint density at radius 1 is 1.47 bits per heavy atom. The van der Waals surface area contributed by atoms with E-state index in [1.807, 2.05) is 18.2 Å². The highest BCUT2D eigenvalue weighted by Crippen LogP contribution is 2.28. The molecule has 0 radical (unpaired) electrons. The summed E-state index contributed by atoms with van der Waals surface area (Å²) in [6, 6.07) is 5.84. The summed E-state index contributed by atoms with van der Waals surface area (Å²) in [4.78, 5) is 4.71. The van der Waals surface area contributed by atoms with Crippen molar-refractivity contribution >= 4 is 56.8 Å². The van der Waals surface area contributed by atoms with E-state index in [0.717, 1.165) is 31.6 Å². The van der Waals surface area contributed by atoms with Crippen LogP contribution in [0.2, 0.25) is 5.02 Å². The Hall–Kier alpha value is 0.0600. The Bertz CT molecular complexity index is 460. The molecule has 17 heavy (non-hydrogen) atoms. The van der Waals surface area contributed by atoms with Crippen molar-refractivity contribution in [2.75, 3.05) is 11.1 Å². The highest BCUT2D eigenvalue weighted by molar-refractivity contribution is 14.1. The molecule has 0 atom stereocenters. The first-order valence-corrected chi connectivity index (χ1v) is 7.85. The van der Waals surface area contributed by atoms with E-state index in [9.17, 15) is 0 Å². The highest BCUT2D eigenvalue weighted by atomic mass is 127. The maximum atomic E-state index is 5.94. The minimum atomic E-state index is 0.0471. The van der Waals surface area contributed by atoms with Crippen molar-refractivity contribution in [3.8, 4) is 0 Å². The van der Waals surface area contributed by atoms with Gasteiger partial charge < -0.3 is 5.32 Å². The number of rotatable bonds is 1. The number of thioether (sulfide) groups is 1. The van der Waals surface area contributed by atoms with Gasteiger partial charge in [0.2, 0.25) is 0 Å². The van der Waals surface area contributed by atoms with Gasteiger partial charge in [-0.2, -0.15) is 0 Å². The standard InChI is InChI=1S/C12H14ClIN2S/c1-12(2)5-6-17-11(16-12)15-10-4-3-8(13)7-9(10)14/h3-4,7H,5-6H2,1-2H3,(H,15,16). The summed E-state index contributed by atoms with van der Waals surface area (Å²) in [5.41, 5.74) is 1.12. The van der Waals surface area contributed by atoms with Crippen molar-refractivity contribution in [1.29, 1.82) is 0 Å². The smallest absolute Gasteiger partial charge is 0.161 e. The number of halogens is 2. The zero-order chi connectivity index (χ0) is 12.5. The monoisotopic (exact) mass is 380 g/mol. The van der Waals surface area contributed by atoms with Gasteiger partial charge in [0.05, 0.1) is 11.2 Å². The normalized spacial score (nSPS) is 18.7. The summed E-state index contributed by atoms with van der Waals surface area (Å²) in [6.45, 7) is 4.34. The number of aliphatic imine (C=N–C) groups is 1. The van der Waals surface area contributed by atoms with Crippen molar-refractivity contribution in [1.82, 2.24) is 0 Å². The van der Waals surface area contributed by atoms with Crippen LogP contribution < -0.4 is 5.32 Å². The van der Waals surface area contributed by atoms with Crippen LogP contribution in [0.1, 0.15) is 20.3 Å². The molecule has 0 aliphatic carbocycles. The average molecular weight is 381 g/mol. The van der Waals surface area contributed by atoms with Gasteiger partial charge in [-0.3, -0.25) is 4.99 Å². The molecule has 5 heteroatoms. The quantitative estimate of drug-likeness (QED) is 0.719. The third kappa shape index (κ3) is 3.76. The molecule has 0 bridgehead atoms. The van der Waals surface area contributed by atoms with Crippen molar-refractivity contribution < 1.29 is 0 Å². The molecule has 0 saturated heterocycles. The second-order valence-corrected chi connectivity index (χ2v) is 7.26. The van der Waals surface area contributed by atoms with Crippen LogP contribution in [0.4, 0.5) is 5.69 Å². The molecular weight excluding hydrogens is 367 g/mol. The van der Waals surface area contributed by atoms with E-state index in [-0.39, 0.29) is 5.54 Å². The topological polar surface area (TPSA) is 24.4 Å². The minimum Gasteiger partial charge on any atom is -0.334 e. The minimum absolute atomic E-state index is 0.0471. The van der Waals surface area contributed by atoms with E-state index in [1.165, 1.54) is 0 Å². The second-order valence-electron chi connectivity index (χ2n) is 4.58. The van der Waals surface area contributed by atoms with Gasteiger partial charge in [-0.15, -0.1) is 0 Å². The first-order chi connectivity index (χ1) is 7.96. The van der Waals surface area contributed by atoms with Crippen LogP contribution in [0.25, 0.3) is 0 Å². The third-order valence-corrected chi connectivity index (χ3v) is 4.53. The van der Waals surface area contributed by atoms with Gasteiger partial charge in [0.25, 0.3) is 0 Å². The number of anilines is 1. The summed E-state index contributed by atoms with van der Waals surface area (Å²) in [7, 11) is 0. The molecule has 1 aliphatic heterocycles. The fourth-order valence-corrected chi connectivity index (χ4v) is 3.83. The molecule has 0 spiro atoms. The Morgan fingerprint density at radius 3 is 2.88 bits per heavy atom. The van der Waals surface area contributed by atoms with E-state index >= 15 is 0 Å². The first kappa shape index (κ1) is 13.5. The second kappa shape index (κ2) is 5.36. The lowest BCUT2D eigenvalue weighted by atomic mass is 10.0. The average Bonchev–Trinajstić information content (AvgIpc) is 2.21. The van der Waals surface area contributed by atoms with Crippen molar-refractivity contribution in [2.24, 2.45) is 4.99 Å². The van der Waals surface area contributed by atoms with Crippen molar-refractivity contribution in [3.05, 3.63) is 26.8 Å². The molecule has 2 rings (SSSR count). The number of amidine groups is 1. The number of nitrogens with one attached hydrogen (secondary N) is 1. The van der Waals surface area contributed by atoms with Gasteiger partial charge >= 0.3 is 0 Å². The predicted molar refractivity (Wildman–Crippen MR) is 86.4 cm³/mol. The summed E-state index contributed by atoms with van der Waals surface area (Å²) in [6.07, 6.45) is 1.13. The SMILES string of the molecule is CC1(C)CCSC(Nc2ccc(Cl)cc2I)=N1. The Morgan fingerprint density at radius 2 is 2.24 bits per heavy atom. The molecule has 1 aromatic carbocycles. The molecule has 1 heterocycles. The molecule has 0 aromatic heterocycles. The number of benzene rings is 1. The molecule has 0 unspecified atom stereocenters. The predicted octanol–water partition coefficient (Wildman–Crippen LogP) is 4.63. The van der Waals surface area contributed by atoms with Crippen LogP contribution in [-0.4, -0.2) is 16.5 Å². The molecular formula is C12H14ClIN2S. The highest BCUT2D eigenvalue weighted by Gasteiger charge is 2.22. The largest absolute Gasteiger partial charge is 0.334 e. The number of nitrogens with zero attached hydrogens (tertiary/aromatic N) is 1. The van der Waals surface area contributed by atoms with Gasteiger partial charge in [0.15, 0.2) is 5.17 Å². The van der Waals surface area contributed by atoms with Crippen LogP contribution in [0, 0.1) is 3.57 Å². The van der Waals surface area contributed by atoms with Gasteiger partial charge in [-0.05, 0) is 61.1 Å². The maximum Gasteiger partial charge on any atom is 0.161 e. The summed E-state index contributed by atoms with van der Waals surface area (Å²) in [5.74, 6) is 1.11. The number of hydrogen-bond donors (Lipinski definition) is 1. The van der Waals surface area contributed by atoms with Crippen LogP contribution in [0.15, 0.2) is 23.2 Å². The zero-order valence-electron chi connectivity index (χ0n) is 9.76. The summed E-state index contributed by atoms with van der Waals surface area (Å²) in [5, 5.41) is 5.14. The molecule has 1 aliphatic rings. The molecule has 92 valence electrons.